The second-order valence-corrected chi connectivity index (χ2v) is 6.72. The van der Waals surface area contributed by atoms with Gasteiger partial charge in [-0.15, -0.1) is 0 Å². The number of aromatic nitrogens is 2. The van der Waals surface area contributed by atoms with Gasteiger partial charge in [-0.25, -0.2) is 4.68 Å². The van der Waals surface area contributed by atoms with E-state index in [9.17, 15) is 0 Å². The second-order valence-electron chi connectivity index (χ2n) is 6.72. The third-order valence-electron chi connectivity index (χ3n) is 4.66. The molecule has 5 nitrogen and oxygen atoms in total. The number of rotatable bonds is 2. The Labute approximate surface area is 131 Å². The molecule has 0 radical (unpaired) electrons. The molecular weight excluding hydrogens is 277 g/mol. The first-order chi connectivity index (χ1) is 10.3. The highest BCUT2D eigenvalue weighted by Crippen LogP contribution is 2.36. The number of nitrogens with zero attached hydrogens (tertiary/aromatic N) is 3. The Morgan fingerprint density at radius 1 is 1.32 bits per heavy atom. The van der Waals surface area contributed by atoms with Crippen LogP contribution in [0.4, 0.5) is 0 Å². The van der Waals surface area contributed by atoms with E-state index in [4.69, 9.17) is 14.6 Å². The standard InChI is InChI=1S/C16H20BN3O2/c1-15(2)16(3,4)22-17(21-15)14-9-10-19-20(14)13-7-5-12(11-18)6-8-13/h5,7-10,12H,6H2,1-4H3. The Balaban J connectivity index is 1.88. The van der Waals surface area contributed by atoms with Crippen molar-refractivity contribution in [2.24, 2.45) is 5.92 Å². The van der Waals surface area contributed by atoms with Crippen molar-refractivity contribution in [3.05, 3.63) is 30.5 Å². The lowest BCUT2D eigenvalue weighted by Gasteiger charge is -2.32. The molecule has 0 saturated carbocycles. The third kappa shape index (κ3) is 2.41. The molecule has 1 unspecified atom stereocenters. The van der Waals surface area contributed by atoms with Crippen molar-refractivity contribution in [1.29, 1.82) is 5.26 Å². The van der Waals surface area contributed by atoms with Crippen LogP contribution in [0.15, 0.2) is 30.5 Å². The number of allylic oxidation sites excluding steroid dienone is 4. The van der Waals surface area contributed by atoms with E-state index < -0.39 is 7.12 Å². The van der Waals surface area contributed by atoms with E-state index in [1.54, 1.807) is 6.20 Å². The molecule has 1 aromatic heterocycles. The minimum atomic E-state index is -0.449. The summed E-state index contributed by atoms with van der Waals surface area (Å²) in [6.45, 7) is 8.13. The highest BCUT2D eigenvalue weighted by Gasteiger charge is 2.52. The van der Waals surface area contributed by atoms with Gasteiger partial charge in [0.25, 0.3) is 0 Å². The van der Waals surface area contributed by atoms with Crippen LogP contribution >= 0.6 is 0 Å². The normalized spacial score (nSPS) is 25.9. The van der Waals surface area contributed by atoms with Gasteiger partial charge in [0.1, 0.15) is 0 Å². The molecule has 0 N–H and O–H groups in total. The first kappa shape index (κ1) is 15.1. The van der Waals surface area contributed by atoms with Crippen molar-refractivity contribution in [2.75, 3.05) is 0 Å². The Morgan fingerprint density at radius 2 is 2.00 bits per heavy atom. The fourth-order valence-corrected chi connectivity index (χ4v) is 2.53. The predicted octanol–water partition coefficient (Wildman–Crippen LogP) is 2.12. The Bertz CT molecular complexity index is 666. The molecule has 114 valence electrons. The van der Waals surface area contributed by atoms with Crippen molar-refractivity contribution in [2.45, 2.75) is 45.3 Å². The zero-order chi connectivity index (χ0) is 16.0. The topological polar surface area (TPSA) is 60.1 Å². The zero-order valence-corrected chi connectivity index (χ0v) is 13.4. The summed E-state index contributed by atoms with van der Waals surface area (Å²) in [5, 5.41) is 13.3. The number of hydrogen-bond donors (Lipinski definition) is 0. The van der Waals surface area contributed by atoms with Gasteiger partial charge < -0.3 is 9.31 Å². The molecule has 22 heavy (non-hydrogen) atoms. The van der Waals surface area contributed by atoms with Gasteiger partial charge in [0, 0.05) is 6.20 Å². The maximum absolute atomic E-state index is 8.96. The molecule has 1 aliphatic carbocycles. The molecule has 3 rings (SSSR count). The third-order valence-corrected chi connectivity index (χ3v) is 4.66. The summed E-state index contributed by atoms with van der Waals surface area (Å²) in [6.07, 6.45) is 8.30. The van der Waals surface area contributed by atoms with Crippen LogP contribution in [0.25, 0.3) is 5.70 Å². The molecule has 0 bridgehead atoms. The molecule has 2 aliphatic rings. The smallest absolute Gasteiger partial charge is 0.398 e. The molecule has 0 aromatic carbocycles. The molecule has 6 heteroatoms. The van der Waals surface area contributed by atoms with Crippen molar-refractivity contribution >= 4 is 18.4 Å². The maximum Gasteiger partial charge on any atom is 0.514 e. The molecule has 1 saturated heterocycles. The van der Waals surface area contributed by atoms with E-state index in [-0.39, 0.29) is 17.1 Å². The monoisotopic (exact) mass is 297 g/mol. The summed E-state index contributed by atoms with van der Waals surface area (Å²) < 4.78 is 14.0. The maximum atomic E-state index is 8.96. The van der Waals surface area contributed by atoms with E-state index in [1.807, 2.05) is 56.7 Å². The summed E-state index contributed by atoms with van der Waals surface area (Å²) >= 11 is 0. The van der Waals surface area contributed by atoms with E-state index in [0.717, 1.165) is 11.3 Å². The van der Waals surface area contributed by atoms with Crippen LogP contribution in [0.3, 0.4) is 0 Å². The lowest BCUT2D eigenvalue weighted by molar-refractivity contribution is 0.00578. The second kappa shape index (κ2) is 5.11. The van der Waals surface area contributed by atoms with Gasteiger partial charge in [-0.2, -0.15) is 10.4 Å². The molecular formula is C16H20BN3O2. The van der Waals surface area contributed by atoms with Crippen LogP contribution in [-0.2, 0) is 9.31 Å². The predicted molar refractivity (Wildman–Crippen MR) is 85.1 cm³/mol. The van der Waals surface area contributed by atoms with E-state index in [2.05, 4.69) is 11.2 Å². The highest BCUT2D eigenvalue weighted by molar-refractivity contribution is 6.61. The van der Waals surface area contributed by atoms with Crippen molar-refractivity contribution in [3.8, 4) is 6.07 Å². The molecule has 1 aliphatic heterocycles. The lowest BCUT2D eigenvalue weighted by atomic mass is 9.84. The summed E-state index contributed by atoms with van der Waals surface area (Å²) in [6, 6.07) is 4.16. The minimum Gasteiger partial charge on any atom is -0.398 e. The average molecular weight is 297 g/mol. The first-order valence-corrected chi connectivity index (χ1v) is 7.52. The Kier molecular flexibility index (Phi) is 3.50. The Hall–Kier alpha value is -1.84. The molecule has 1 atom stereocenters. The minimum absolute atomic E-state index is 0.0559. The zero-order valence-electron chi connectivity index (χ0n) is 13.4. The van der Waals surface area contributed by atoms with Crippen LogP contribution in [0.2, 0.25) is 0 Å². The van der Waals surface area contributed by atoms with Gasteiger partial charge in [-0.3, -0.25) is 0 Å². The average Bonchev–Trinajstić information content (AvgIpc) is 3.02. The quantitative estimate of drug-likeness (QED) is 0.785. The first-order valence-electron chi connectivity index (χ1n) is 7.52. The van der Waals surface area contributed by atoms with Gasteiger partial charge in [0.2, 0.25) is 0 Å². The van der Waals surface area contributed by atoms with Gasteiger partial charge in [-0.1, -0.05) is 12.2 Å². The van der Waals surface area contributed by atoms with Crippen LogP contribution in [0.1, 0.15) is 34.1 Å². The highest BCUT2D eigenvalue weighted by atomic mass is 16.7. The molecule has 2 heterocycles. The van der Waals surface area contributed by atoms with Crippen LogP contribution < -0.4 is 5.59 Å². The summed E-state index contributed by atoms with van der Waals surface area (Å²) in [5.74, 6) is -0.0559. The SMILES string of the molecule is CC1(C)OB(c2ccnn2C2=CCC(C#N)C=C2)OC1(C)C. The lowest BCUT2D eigenvalue weighted by Crippen LogP contribution is -2.41. The molecule has 1 fully saturated rings. The molecule has 0 spiro atoms. The van der Waals surface area contributed by atoms with Gasteiger partial charge in [-0.05, 0) is 46.3 Å². The van der Waals surface area contributed by atoms with Crippen molar-refractivity contribution in [1.82, 2.24) is 9.78 Å². The van der Waals surface area contributed by atoms with E-state index >= 15 is 0 Å². The Morgan fingerprint density at radius 3 is 2.55 bits per heavy atom. The van der Waals surface area contributed by atoms with Crippen LogP contribution in [-0.4, -0.2) is 28.1 Å². The van der Waals surface area contributed by atoms with Crippen LogP contribution in [0, 0.1) is 17.2 Å². The van der Waals surface area contributed by atoms with Gasteiger partial charge >= 0.3 is 7.12 Å². The molecule has 1 aromatic rings. The van der Waals surface area contributed by atoms with Crippen molar-refractivity contribution in [3.63, 3.8) is 0 Å². The largest absolute Gasteiger partial charge is 0.514 e. The summed E-state index contributed by atoms with van der Waals surface area (Å²) in [4.78, 5) is 0. The number of nitriles is 1. The van der Waals surface area contributed by atoms with E-state index in [1.165, 1.54) is 0 Å². The van der Waals surface area contributed by atoms with Gasteiger partial charge in [0.05, 0.1) is 34.5 Å². The fraction of sp³-hybridized carbons (Fsp3) is 0.500. The van der Waals surface area contributed by atoms with Crippen molar-refractivity contribution < 1.29 is 9.31 Å². The van der Waals surface area contributed by atoms with E-state index in [0.29, 0.717) is 6.42 Å². The molecule has 0 amide bonds. The fourth-order valence-electron chi connectivity index (χ4n) is 2.53. The summed E-state index contributed by atoms with van der Waals surface area (Å²) in [7, 11) is -0.449. The van der Waals surface area contributed by atoms with Crippen LogP contribution in [0.5, 0.6) is 0 Å². The van der Waals surface area contributed by atoms with Gasteiger partial charge in [0.15, 0.2) is 0 Å². The summed E-state index contributed by atoms with van der Waals surface area (Å²) in [5.41, 5.74) is 1.05. The number of hydrogen-bond acceptors (Lipinski definition) is 4.